The molecule has 1 aromatic rings. The van der Waals surface area contributed by atoms with Gasteiger partial charge >= 0.3 is 5.69 Å². The highest BCUT2D eigenvalue weighted by atomic mass is 16.3. The van der Waals surface area contributed by atoms with E-state index in [0.29, 0.717) is 13.0 Å². The molecule has 0 aliphatic carbocycles. The van der Waals surface area contributed by atoms with Crippen LogP contribution in [-0.2, 0) is 6.54 Å². The molecule has 0 saturated heterocycles. The van der Waals surface area contributed by atoms with Crippen LogP contribution >= 0.6 is 0 Å². The number of H-pyrrole nitrogens is 1. The highest BCUT2D eigenvalue weighted by molar-refractivity contribution is 5.60. The summed E-state index contributed by atoms with van der Waals surface area (Å²) in [5.74, 6) is 0.109. The van der Waals surface area contributed by atoms with E-state index in [1.807, 2.05) is 13.8 Å². The zero-order valence-corrected chi connectivity index (χ0v) is 10.7. The Hall–Kier alpha value is -1.76. The molecule has 0 aliphatic heterocycles. The van der Waals surface area contributed by atoms with Crippen LogP contribution in [0.25, 0.3) is 0 Å². The van der Waals surface area contributed by atoms with Gasteiger partial charge in [-0.15, -0.1) is 0 Å². The fourth-order valence-electron chi connectivity index (χ4n) is 1.65. The molecular formula is C11H20N4O3. The molecule has 1 rings (SSSR count). The van der Waals surface area contributed by atoms with E-state index >= 15 is 0 Å². The Balaban J connectivity index is 3.23. The van der Waals surface area contributed by atoms with Gasteiger partial charge in [0.2, 0.25) is 0 Å². The second-order valence-corrected chi connectivity index (χ2v) is 4.10. The Morgan fingerprint density at radius 1 is 1.44 bits per heavy atom. The van der Waals surface area contributed by atoms with Crippen molar-refractivity contribution in [1.29, 1.82) is 0 Å². The molecular weight excluding hydrogens is 236 g/mol. The topological polar surface area (TPSA) is 113 Å². The van der Waals surface area contributed by atoms with Crippen LogP contribution in [0.15, 0.2) is 9.59 Å². The lowest BCUT2D eigenvalue weighted by atomic mass is 10.2. The Kier molecular flexibility index (Phi) is 4.96. The molecule has 1 atom stereocenters. The number of hydrogen-bond donors (Lipinski definition) is 4. The number of nitrogens with one attached hydrogen (secondary N) is 2. The molecule has 0 amide bonds. The monoisotopic (exact) mass is 256 g/mol. The van der Waals surface area contributed by atoms with Crippen LogP contribution < -0.4 is 22.3 Å². The lowest BCUT2D eigenvalue weighted by Gasteiger charge is -2.18. The first-order chi connectivity index (χ1) is 8.54. The maximum Gasteiger partial charge on any atom is 0.330 e. The minimum Gasteiger partial charge on any atom is -0.394 e. The summed E-state index contributed by atoms with van der Waals surface area (Å²) in [5, 5.41) is 12.0. The summed E-state index contributed by atoms with van der Waals surface area (Å²) in [4.78, 5) is 25.5. The summed E-state index contributed by atoms with van der Waals surface area (Å²) in [6.45, 7) is 4.11. The Labute approximate surface area is 105 Å². The molecule has 7 heteroatoms. The van der Waals surface area contributed by atoms with Gasteiger partial charge in [0.15, 0.2) is 0 Å². The third-order valence-corrected chi connectivity index (χ3v) is 2.75. The highest BCUT2D eigenvalue weighted by Crippen LogP contribution is 2.12. The number of nitrogens with zero attached hydrogens (tertiary/aromatic N) is 1. The van der Waals surface area contributed by atoms with Gasteiger partial charge in [-0.05, 0) is 12.8 Å². The van der Waals surface area contributed by atoms with Crippen LogP contribution in [0.4, 0.5) is 11.5 Å². The molecule has 7 nitrogen and oxygen atoms in total. The van der Waals surface area contributed by atoms with Crippen LogP contribution in [0.1, 0.15) is 26.7 Å². The van der Waals surface area contributed by atoms with E-state index in [2.05, 4.69) is 10.3 Å². The van der Waals surface area contributed by atoms with Crippen LogP contribution in [0.2, 0.25) is 0 Å². The third-order valence-electron chi connectivity index (χ3n) is 2.75. The fraction of sp³-hybridized carbons (Fsp3) is 0.636. The zero-order valence-electron chi connectivity index (χ0n) is 10.7. The smallest absolute Gasteiger partial charge is 0.330 e. The number of aromatic amines is 1. The van der Waals surface area contributed by atoms with Gasteiger partial charge in [0.25, 0.3) is 5.56 Å². The fourth-order valence-corrected chi connectivity index (χ4v) is 1.65. The van der Waals surface area contributed by atoms with Crippen molar-refractivity contribution in [3.8, 4) is 0 Å². The van der Waals surface area contributed by atoms with Crippen molar-refractivity contribution in [1.82, 2.24) is 9.55 Å². The minimum absolute atomic E-state index is 0.109. The number of aromatic nitrogens is 2. The first-order valence-corrected chi connectivity index (χ1v) is 6.05. The molecule has 18 heavy (non-hydrogen) atoms. The number of hydrogen-bond acceptors (Lipinski definition) is 5. The summed E-state index contributed by atoms with van der Waals surface area (Å²) >= 11 is 0. The second-order valence-electron chi connectivity index (χ2n) is 4.10. The lowest BCUT2D eigenvalue weighted by molar-refractivity contribution is 0.271. The van der Waals surface area contributed by atoms with Gasteiger partial charge in [0, 0.05) is 12.6 Å². The molecule has 0 fully saturated rings. The summed E-state index contributed by atoms with van der Waals surface area (Å²) < 4.78 is 1.31. The number of aliphatic hydroxyl groups is 1. The number of nitrogens with two attached hydrogens (primary N) is 1. The van der Waals surface area contributed by atoms with Crippen LogP contribution in [-0.4, -0.2) is 27.3 Å². The van der Waals surface area contributed by atoms with Crippen molar-refractivity contribution < 1.29 is 5.11 Å². The minimum atomic E-state index is -0.559. The van der Waals surface area contributed by atoms with Crippen LogP contribution in [0, 0.1) is 0 Å². The van der Waals surface area contributed by atoms with Gasteiger partial charge in [-0.1, -0.05) is 13.8 Å². The third kappa shape index (κ3) is 2.92. The molecule has 0 radical (unpaired) electrons. The summed E-state index contributed by atoms with van der Waals surface area (Å²) in [5.41, 5.74) is 4.90. The van der Waals surface area contributed by atoms with Gasteiger partial charge < -0.3 is 16.2 Å². The van der Waals surface area contributed by atoms with Crippen molar-refractivity contribution in [2.45, 2.75) is 39.3 Å². The van der Waals surface area contributed by atoms with Gasteiger partial charge in [-0.2, -0.15) is 0 Å². The highest BCUT2D eigenvalue weighted by Gasteiger charge is 2.14. The van der Waals surface area contributed by atoms with Gasteiger partial charge in [0.05, 0.1) is 6.61 Å². The second kappa shape index (κ2) is 6.25. The van der Waals surface area contributed by atoms with Crippen LogP contribution in [0.3, 0.4) is 0 Å². The standard InChI is InChI=1S/C11H20N4O3/c1-3-5-15-9(12)8(10(17)14-11(15)18)13-7(4-2)6-16/h7,13,16H,3-6,12H2,1-2H3,(H,14,17,18). The Bertz CT molecular complexity index is 502. The molecule has 0 saturated carbocycles. The van der Waals surface area contributed by atoms with E-state index in [-0.39, 0.29) is 24.2 Å². The Morgan fingerprint density at radius 2 is 2.11 bits per heavy atom. The SMILES string of the molecule is CCCn1c(N)c(NC(CC)CO)c(=O)[nH]c1=O. The van der Waals surface area contributed by atoms with Gasteiger partial charge in [-0.3, -0.25) is 14.3 Å². The predicted molar refractivity (Wildman–Crippen MR) is 70.8 cm³/mol. The van der Waals surface area contributed by atoms with Crippen molar-refractivity contribution in [2.24, 2.45) is 0 Å². The summed E-state index contributed by atoms with van der Waals surface area (Å²) in [7, 11) is 0. The average Bonchev–Trinajstić information content (AvgIpc) is 2.35. The van der Waals surface area contributed by atoms with Gasteiger partial charge in [0.1, 0.15) is 11.5 Å². The van der Waals surface area contributed by atoms with E-state index in [1.165, 1.54) is 4.57 Å². The summed E-state index contributed by atoms with van der Waals surface area (Å²) in [6, 6.07) is -0.263. The van der Waals surface area contributed by atoms with Gasteiger partial charge in [-0.25, -0.2) is 4.79 Å². The van der Waals surface area contributed by atoms with Crippen molar-refractivity contribution in [2.75, 3.05) is 17.7 Å². The van der Waals surface area contributed by atoms with E-state index in [9.17, 15) is 9.59 Å². The van der Waals surface area contributed by atoms with E-state index in [4.69, 9.17) is 10.8 Å². The molecule has 0 aromatic carbocycles. The van der Waals surface area contributed by atoms with E-state index in [0.717, 1.165) is 6.42 Å². The molecule has 1 unspecified atom stereocenters. The first kappa shape index (κ1) is 14.3. The molecule has 0 bridgehead atoms. The Morgan fingerprint density at radius 3 is 2.61 bits per heavy atom. The van der Waals surface area contributed by atoms with E-state index < -0.39 is 11.2 Å². The molecule has 0 spiro atoms. The number of anilines is 2. The number of aliphatic hydroxyl groups excluding tert-OH is 1. The molecule has 0 aliphatic rings. The lowest BCUT2D eigenvalue weighted by Crippen LogP contribution is -2.36. The van der Waals surface area contributed by atoms with Crippen molar-refractivity contribution >= 4 is 11.5 Å². The zero-order chi connectivity index (χ0) is 13.7. The normalized spacial score (nSPS) is 12.4. The van der Waals surface area contributed by atoms with Crippen LogP contribution in [0.5, 0.6) is 0 Å². The maximum atomic E-state index is 11.7. The first-order valence-electron chi connectivity index (χ1n) is 6.05. The van der Waals surface area contributed by atoms with Crippen molar-refractivity contribution in [3.63, 3.8) is 0 Å². The largest absolute Gasteiger partial charge is 0.394 e. The molecule has 1 aromatic heterocycles. The predicted octanol–water partition coefficient (Wildman–Crippen LogP) is -0.288. The van der Waals surface area contributed by atoms with E-state index in [1.54, 1.807) is 0 Å². The number of nitrogen functional groups attached to an aromatic ring is 1. The molecule has 102 valence electrons. The maximum absolute atomic E-state index is 11.7. The summed E-state index contributed by atoms with van der Waals surface area (Å²) in [6.07, 6.45) is 1.37. The quantitative estimate of drug-likeness (QED) is 0.558. The molecule has 5 N–H and O–H groups in total. The van der Waals surface area contributed by atoms with Crippen molar-refractivity contribution in [3.05, 3.63) is 20.8 Å². The average molecular weight is 256 g/mol. The molecule has 1 heterocycles. The number of rotatable bonds is 6.